The van der Waals surface area contributed by atoms with E-state index in [1.165, 1.54) is 37.4 Å². The Morgan fingerprint density at radius 2 is 1.82 bits per heavy atom. The fourth-order valence-electron chi connectivity index (χ4n) is 4.65. The van der Waals surface area contributed by atoms with E-state index in [-0.39, 0.29) is 41.0 Å². The molecule has 2 N–H and O–H groups in total. The Labute approximate surface area is 267 Å². The zero-order chi connectivity index (χ0) is 32.1. The Balaban J connectivity index is 1.35. The topological polar surface area (TPSA) is 156 Å². The average molecular weight is 648 g/mol. The van der Waals surface area contributed by atoms with Gasteiger partial charge in [0.15, 0.2) is 23.9 Å². The lowest BCUT2D eigenvalue weighted by atomic mass is 9.83. The highest BCUT2D eigenvalue weighted by molar-refractivity contribution is 6.35. The van der Waals surface area contributed by atoms with E-state index in [1.54, 1.807) is 48.5 Å². The minimum Gasteiger partial charge on any atom is -0.493 e. The molecule has 0 saturated carbocycles. The van der Waals surface area contributed by atoms with Crippen LogP contribution in [0.4, 0.5) is 5.69 Å². The summed E-state index contributed by atoms with van der Waals surface area (Å²) in [6.07, 6.45) is 0. The summed E-state index contributed by atoms with van der Waals surface area (Å²) in [4.78, 5) is 23.1. The molecule has 1 heterocycles. The van der Waals surface area contributed by atoms with Gasteiger partial charge in [-0.15, -0.1) is 0 Å². The Hall–Kier alpha value is -5.44. The number of nitro groups is 1. The van der Waals surface area contributed by atoms with Crippen LogP contribution in [0.25, 0.3) is 0 Å². The minimum atomic E-state index is -0.804. The summed E-state index contributed by atoms with van der Waals surface area (Å²) < 4.78 is 28.0. The van der Waals surface area contributed by atoms with Crippen molar-refractivity contribution in [1.29, 1.82) is 5.26 Å². The normalized spacial score (nSPS) is 13.6. The van der Waals surface area contributed by atoms with E-state index >= 15 is 0 Å². The lowest BCUT2D eigenvalue weighted by Gasteiger charge is -2.27. The van der Waals surface area contributed by atoms with Crippen LogP contribution >= 0.6 is 23.2 Å². The number of nitrogens with zero attached hydrogens (tertiary/aromatic N) is 2. The number of para-hydroxylation sites is 2. The van der Waals surface area contributed by atoms with Gasteiger partial charge >= 0.3 is 11.7 Å². The molecule has 11 nitrogen and oxygen atoms in total. The number of ether oxygens (including phenoxy) is 5. The smallest absolute Gasteiger partial charge is 0.349 e. The van der Waals surface area contributed by atoms with Crippen molar-refractivity contribution >= 4 is 34.9 Å². The summed E-state index contributed by atoms with van der Waals surface area (Å²) in [7, 11) is 1.49. The Morgan fingerprint density at radius 1 is 1.02 bits per heavy atom. The third kappa shape index (κ3) is 6.88. The monoisotopic (exact) mass is 647 g/mol. The average Bonchev–Trinajstić information content (AvgIpc) is 3.02. The number of esters is 1. The number of hydrogen-bond donors (Lipinski definition) is 1. The van der Waals surface area contributed by atoms with Crippen molar-refractivity contribution in [3.05, 3.63) is 127 Å². The molecule has 13 heteroatoms. The van der Waals surface area contributed by atoms with Crippen molar-refractivity contribution < 1.29 is 33.4 Å². The third-order valence-electron chi connectivity index (χ3n) is 6.75. The SMILES string of the molecule is COc1cc(C2C(C#N)=C(N)Oc3cc(OC(=O)COc4ccccc4[N+](=O)[O-])ccc32)ccc1OCc1ccc(Cl)cc1Cl. The maximum absolute atomic E-state index is 12.5. The van der Waals surface area contributed by atoms with E-state index < -0.39 is 23.4 Å². The molecule has 0 bridgehead atoms. The van der Waals surface area contributed by atoms with E-state index in [0.29, 0.717) is 32.7 Å². The van der Waals surface area contributed by atoms with Crippen molar-refractivity contribution in [2.75, 3.05) is 13.7 Å². The van der Waals surface area contributed by atoms with E-state index in [0.717, 1.165) is 5.56 Å². The van der Waals surface area contributed by atoms with Crippen molar-refractivity contribution in [2.24, 2.45) is 5.73 Å². The molecule has 4 aromatic carbocycles. The molecule has 0 amide bonds. The molecule has 0 aliphatic carbocycles. The molecule has 4 aromatic rings. The lowest BCUT2D eigenvalue weighted by Crippen LogP contribution is -2.22. The quantitative estimate of drug-likeness (QED) is 0.0850. The van der Waals surface area contributed by atoms with Crippen LogP contribution in [0.2, 0.25) is 10.0 Å². The molecule has 1 aliphatic rings. The summed E-state index contributed by atoms with van der Waals surface area (Å²) >= 11 is 12.3. The van der Waals surface area contributed by atoms with Gasteiger partial charge in [-0.3, -0.25) is 10.1 Å². The number of fused-ring (bicyclic) bond motifs is 1. The summed E-state index contributed by atoms with van der Waals surface area (Å²) in [5.41, 5.74) is 8.02. The summed E-state index contributed by atoms with van der Waals surface area (Å²) in [5.74, 6) is -0.405. The largest absolute Gasteiger partial charge is 0.493 e. The molecular formula is C32H23Cl2N3O8. The first-order valence-electron chi connectivity index (χ1n) is 13.2. The zero-order valence-corrected chi connectivity index (χ0v) is 25.0. The number of benzene rings is 4. The van der Waals surface area contributed by atoms with Crippen LogP contribution in [0.3, 0.4) is 0 Å². The summed E-state index contributed by atoms with van der Waals surface area (Å²) in [6.45, 7) is -0.415. The second kappa shape index (κ2) is 13.5. The van der Waals surface area contributed by atoms with Crippen molar-refractivity contribution in [1.82, 2.24) is 0 Å². The van der Waals surface area contributed by atoms with E-state index in [2.05, 4.69) is 6.07 Å². The van der Waals surface area contributed by atoms with Crippen LogP contribution in [0.1, 0.15) is 22.6 Å². The standard InChI is InChI=1S/C32H23Cl2N3O8/c1-41-29-12-18(7-11-27(29)42-16-19-6-8-20(33)13-24(19)34)31-22-10-9-21(14-28(22)45-32(36)23(31)15-35)44-30(38)17-43-26-5-3-2-4-25(26)37(39)40/h2-14,31H,16-17,36H2,1H3. The van der Waals surface area contributed by atoms with Crippen LogP contribution in [0, 0.1) is 21.4 Å². The molecule has 0 fully saturated rings. The second-order valence-electron chi connectivity index (χ2n) is 9.55. The van der Waals surface area contributed by atoms with Gasteiger partial charge in [-0.25, -0.2) is 4.79 Å². The molecule has 0 aromatic heterocycles. The molecule has 0 saturated heterocycles. The number of carbonyl (C=O) groups excluding carboxylic acids is 1. The third-order valence-corrected chi connectivity index (χ3v) is 7.34. The van der Waals surface area contributed by atoms with Crippen LogP contribution in [0.15, 0.2) is 90.3 Å². The van der Waals surface area contributed by atoms with Crippen molar-refractivity contribution in [2.45, 2.75) is 12.5 Å². The molecule has 0 spiro atoms. The first-order chi connectivity index (χ1) is 21.7. The molecule has 45 heavy (non-hydrogen) atoms. The number of nitro benzene ring substituents is 1. The number of halogens is 2. The predicted molar refractivity (Wildman–Crippen MR) is 164 cm³/mol. The fourth-order valence-corrected chi connectivity index (χ4v) is 5.11. The summed E-state index contributed by atoms with van der Waals surface area (Å²) in [5, 5.41) is 22.1. The number of hydrogen-bond acceptors (Lipinski definition) is 10. The van der Waals surface area contributed by atoms with Crippen LogP contribution in [-0.2, 0) is 11.4 Å². The first kappa shape index (κ1) is 31.0. The van der Waals surface area contributed by atoms with Gasteiger partial charge in [0.2, 0.25) is 5.88 Å². The molecular weight excluding hydrogens is 625 g/mol. The number of methoxy groups -OCH3 is 1. The maximum atomic E-state index is 12.5. The minimum absolute atomic E-state index is 0.0707. The van der Waals surface area contributed by atoms with Gasteiger partial charge in [0.25, 0.3) is 0 Å². The zero-order valence-electron chi connectivity index (χ0n) is 23.5. The highest BCUT2D eigenvalue weighted by Crippen LogP contribution is 2.45. The number of rotatable bonds is 10. The first-order valence-corrected chi connectivity index (χ1v) is 14.0. The molecule has 1 atom stereocenters. The van der Waals surface area contributed by atoms with Gasteiger partial charge in [0.05, 0.1) is 18.0 Å². The number of allylic oxidation sites excluding steroid dienone is 1. The van der Waals surface area contributed by atoms with E-state index in [4.69, 9.17) is 52.6 Å². The van der Waals surface area contributed by atoms with Crippen LogP contribution in [-0.4, -0.2) is 24.6 Å². The van der Waals surface area contributed by atoms with Gasteiger partial charge in [-0.1, -0.05) is 53.5 Å². The van der Waals surface area contributed by atoms with Crippen LogP contribution < -0.4 is 29.4 Å². The highest BCUT2D eigenvalue weighted by Gasteiger charge is 2.32. The molecule has 1 unspecified atom stereocenters. The maximum Gasteiger partial charge on any atom is 0.349 e. The molecule has 0 radical (unpaired) electrons. The number of nitrogens with two attached hydrogens (primary N) is 1. The van der Waals surface area contributed by atoms with Gasteiger partial charge < -0.3 is 29.4 Å². The highest BCUT2D eigenvalue weighted by atomic mass is 35.5. The van der Waals surface area contributed by atoms with Gasteiger partial charge in [0.1, 0.15) is 29.7 Å². The molecule has 1 aliphatic heterocycles. The van der Waals surface area contributed by atoms with Gasteiger partial charge in [-0.05, 0) is 42.0 Å². The predicted octanol–water partition coefficient (Wildman–Crippen LogP) is 6.69. The molecule has 228 valence electrons. The Kier molecular flexibility index (Phi) is 9.28. The van der Waals surface area contributed by atoms with Gasteiger partial charge in [-0.2, -0.15) is 5.26 Å². The fraction of sp³-hybridized carbons (Fsp3) is 0.125. The summed E-state index contributed by atoms with van der Waals surface area (Å²) in [6, 6.07) is 22.8. The number of nitriles is 1. The van der Waals surface area contributed by atoms with Gasteiger partial charge in [0, 0.05) is 33.3 Å². The van der Waals surface area contributed by atoms with E-state index in [9.17, 15) is 20.2 Å². The lowest BCUT2D eigenvalue weighted by molar-refractivity contribution is -0.385. The Morgan fingerprint density at radius 3 is 2.56 bits per heavy atom. The van der Waals surface area contributed by atoms with Crippen LogP contribution in [0.5, 0.6) is 28.7 Å². The molecule has 5 rings (SSSR count). The Bertz CT molecular complexity index is 1870. The van der Waals surface area contributed by atoms with Crippen molar-refractivity contribution in [3.63, 3.8) is 0 Å². The number of carbonyl (C=O) groups is 1. The van der Waals surface area contributed by atoms with E-state index in [1.807, 2.05) is 0 Å². The second-order valence-corrected chi connectivity index (χ2v) is 10.4. The van der Waals surface area contributed by atoms with Crippen molar-refractivity contribution in [3.8, 4) is 34.8 Å².